The summed E-state index contributed by atoms with van der Waals surface area (Å²) in [6, 6.07) is 31.6. The summed E-state index contributed by atoms with van der Waals surface area (Å²) >= 11 is 0. The number of fused-ring (bicyclic) bond motifs is 1. The number of nitrogens with zero attached hydrogens (tertiary/aromatic N) is 2. The molecule has 0 saturated heterocycles. The number of carbonyl (C=O) groups excluding carboxylic acids is 2. The van der Waals surface area contributed by atoms with E-state index in [9.17, 15) is 9.59 Å². The SMILES string of the molecule is Cc1ccc(C)n1-c1ccc(C(=O)N/N=C\c2c(OC(=O)c3ccccc3)ccc3ccccc23)cc1. The monoisotopic (exact) mass is 487 g/mol. The predicted octanol–water partition coefficient (Wildman–Crippen LogP) is 6.23. The molecule has 1 N–H and O–H groups in total. The van der Waals surface area contributed by atoms with Crippen LogP contribution in [-0.4, -0.2) is 22.7 Å². The lowest BCUT2D eigenvalue weighted by Crippen LogP contribution is -2.18. The zero-order valence-electron chi connectivity index (χ0n) is 20.5. The maximum atomic E-state index is 12.8. The van der Waals surface area contributed by atoms with Gasteiger partial charge in [-0.25, -0.2) is 10.2 Å². The number of amides is 1. The van der Waals surface area contributed by atoms with Gasteiger partial charge in [-0.1, -0.05) is 48.5 Å². The van der Waals surface area contributed by atoms with Crippen molar-refractivity contribution in [3.8, 4) is 11.4 Å². The normalized spacial score (nSPS) is 11.1. The van der Waals surface area contributed by atoms with Crippen LogP contribution in [0.3, 0.4) is 0 Å². The molecule has 0 unspecified atom stereocenters. The molecule has 5 rings (SSSR count). The Morgan fingerprint density at radius 3 is 2.16 bits per heavy atom. The van der Waals surface area contributed by atoms with E-state index < -0.39 is 5.97 Å². The summed E-state index contributed by atoms with van der Waals surface area (Å²) in [5, 5.41) is 6.00. The van der Waals surface area contributed by atoms with Gasteiger partial charge < -0.3 is 9.30 Å². The molecule has 6 heteroatoms. The van der Waals surface area contributed by atoms with Gasteiger partial charge in [-0.05, 0) is 79.2 Å². The van der Waals surface area contributed by atoms with Crippen LogP contribution in [-0.2, 0) is 0 Å². The van der Waals surface area contributed by atoms with Gasteiger partial charge in [0.05, 0.1) is 11.8 Å². The second kappa shape index (κ2) is 10.3. The zero-order chi connectivity index (χ0) is 25.8. The number of esters is 1. The first-order valence-corrected chi connectivity index (χ1v) is 11.9. The Kier molecular flexibility index (Phi) is 6.64. The van der Waals surface area contributed by atoms with Crippen LogP contribution >= 0.6 is 0 Å². The number of aromatic nitrogens is 1. The average Bonchev–Trinajstić information content (AvgIpc) is 3.27. The second-order valence-electron chi connectivity index (χ2n) is 8.65. The third-order valence-corrected chi connectivity index (χ3v) is 6.16. The quantitative estimate of drug-likeness (QED) is 0.134. The van der Waals surface area contributed by atoms with Crippen molar-refractivity contribution in [1.29, 1.82) is 0 Å². The van der Waals surface area contributed by atoms with Crippen molar-refractivity contribution in [2.45, 2.75) is 13.8 Å². The maximum Gasteiger partial charge on any atom is 0.343 e. The zero-order valence-corrected chi connectivity index (χ0v) is 20.5. The van der Waals surface area contributed by atoms with E-state index in [4.69, 9.17) is 4.74 Å². The first-order chi connectivity index (χ1) is 18.0. The van der Waals surface area contributed by atoms with Crippen LogP contribution in [0.4, 0.5) is 0 Å². The molecule has 0 spiro atoms. The smallest absolute Gasteiger partial charge is 0.343 e. The van der Waals surface area contributed by atoms with Crippen LogP contribution < -0.4 is 10.2 Å². The van der Waals surface area contributed by atoms with Gasteiger partial charge in [0.1, 0.15) is 5.75 Å². The molecular weight excluding hydrogens is 462 g/mol. The summed E-state index contributed by atoms with van der Waals surface area (Å²) in [6.45, 7) is 4.09. The van der Waals surface area contributed by atoms with Crippen LogP contribution in [0, 0.1) is 13.8 Å². The molecule has 1 amide bonds. The molecule has 0 aliphatic heterocycles. The Balaban J connectivity index is 1.37. The summed E-state index contributed by atoms with van der Waals surface area (Å²) < 4.78 is 7.83. The molecule has 5 aromatic rings. The fourth-order valence-electron chi connectivity index (χ4n) is 4.29. The molecule has 4 aromatic carbocycles. The van der Waals surface area contributed by atoms with Gasteiger partial charge in [0, 0.05) is 28.2 Å². The molecule has 0 aliphatic carbocycles. The molecule has 37 heavy (non-hydrogen) atoms. The molecule has 0 fully saturated rings. The molecule has 0 saturated carbocycles. The topological polar surface area (TPSA) is 72.7 Å². The van der Waals surface area contributed by atoms with Gasteiger partial charge in [0.15, 0.2) is 0 Å². The Morgan fingerprint density at radius 2 is 1.43 bits per heavy atom. The largest absolute Gasteiger partial charge is 0.422 e. The third kappa shape index (κ3) is 5.04. The summed E-state index contributed by atoms with van der Waals surface area (Å²) in [7, 11) is 0. The number of carbonyl (C=O) groups is 2. The third-order valence-electron chi connectivity index (χ3n) is 6.16. The highest BCUT2D eigenvalue weighted by Gasteiger charge is 2.14. The van der Waals surface area contributed by atoms with Crippen molar-refractivity contribution >= 4 is 28.9 Å². The number of hydrazone groups is 1. The molecule has 0 bridgehead atoms. The summed E-state index contributed by atoms with van der Waals surface area (Å²) in [6.07, 6.45) is 1.51. The molecule has 0 aliphatic rings. The fraction of sp³-hybridized carbons (Fsp3) is 0.0645. The molecule has 182 valence electrons. The van der Waals surface area contributed by atoms with E-state index in [2.05, 4.69) is 27.2 Å². The van der Waals surface area contributed by atoms with Gasteiger partial charge >= 0.3 is 5.97 Å². The number of benzene rings is 4. The predicted molar refractivity (Wildman–Crippen MR) is 146 cm³/mol. The summed E-state index contributed by atoms with van der Waals surface area (Å²) in [4.78, 5) is 25.4. The van der Waals surface area contributed by atoms with E-state index in [1.165, 1.54) is 6.21 Å². The fourth-order valence-corrected chi connectivity index (χ4v) is 4.29. The number of hydrogen-bond donors (Lipinski definition) is 1. The number of rotatable bonds is 6. The number of aryl methyl sites for hydroxylation is 2. The van der Waals surface area contributed by atoms with Crippen molar-refractivity contribution in [1.82, 2.24) is 9.99 Å². The van der Waals surface area contributed by atoms with Crippen molar-refractivity contribution in [2.24, 2.45) is 5.10 Å². The Bertz CT molecular complexity index is 1600. The number of nitrogens with one attached hydrogen (secondary N) is 1. The Morgan fingerprint density at radius 1 is 0.757 bits per heavy atom. The Hall–Kier alpha value is -4.97. The van der Waals surface area contributed by atoms with Gasteiger partial charge in [0.25, 0.3) is 5.91 Å². The highest BCUT2D eigenvalue weighted by molar-refractivity contribution is 6.04. The van der Waals surface area contributed by atoms with E-state index in [0.717, 1.165) is 27.8 Å². The lowest BCUT2D eigenvalue weighted by atomic mass is 10.0. The minimum Gasteiger partial charge on any atom is -0.422 e. The van der Waals surface area contributed by atoms with E-state index in [0.29, 0.717) is 22.4 Å². The first-order valence-electron chi connectivity index (χ1n) is 11.9. The van der Waals surface area contributed by atoms with E-state index in [1.54, 1.807) is 42.5 Å². The van der Waals surface area contributed by atoms with Crippen LogP contribution in [0.15, 0.2) is 108 Å². The average molecular weight is 488 g/mol. The molecule has 0 radical (unpaired) electrons. The molecule has 1 aromatic heterocycles. The van der Waals surface area contributed by atoms with E-state index >= 15 is 0 Å². The van der Waals surface area contributed by atoms with Crippen LogP contribution in [0.25, 0.3) is 16.5 Å². The van der Waals surface area contributed by atoms with E-state index in [-0.39, 0.29) is 5.91 Å². The van der Waals surface area contributed by atoms with Crippen molar-refractivity contribution in [3.63, 3.8) is 0 Å². The highest BCUT2D eigenvalue weighted by Crippen LogP contribution is 2.27. The summed E-state index contributed by atoms with van der Waals surface area (Å²) in [5.41, 5.74) is 7.34. The minimum absolute atomic E-state index is 0.341. The molecule has 6 nitrogen and oxygen atoms in total. The minimum atomic E-state index is -0.470. The van der Waals surface area contributed by atoms with E-state index in [1.807, 2.05) is 62.4 Å². The maximum absolute atomic E-state index is 12.8. The van der Waals surface area contributed by atoms with Gasteiger partial charge in [-0.3, -0.25) is 4.79 Å². The van der Waals surface area contributed by atoms with Crippen LogP contribution in [0.2, 0.25) is 0 Å². The second-order valence-corrected chi connectivity index (χ2v) is 8.65. The van der Waals surface area contributed by atoms with Gasteiger partial charge in [0.2, 0.25) is 0 Å². The number of ether oxygens (including phenoxy) is 1. The van der Waals surface area contributed by atoms with Gasteiger partial charge in [-0.2, -0.15) is 5.10 Å². The first kappa shape index (κ1) is 23.8. The number of hydrogen-bond acceptors (Lipinski definition) is 4. The van der Waals surface area contributed by atoms with Crippen molar-refractivity contribution < 1.29 is 14.3 Å². The van der Waals surface area contributed by atoms with Crippen LogP contribution in [0.1, 0.15) is 37.7 Å². The lowest BCUT2D eigenvalue weighted by Gasteiger charge is -2.11. The molecular formula is C31H25N3O3. The highest BCUT2D eigenvalue weighted by atomic mass is 16.5. The Labute approximate surface area is 214 Å². The van der Waals surface area contributed by atoms with Gasteiger partial charge in [-0.15, -0.1) is 0 Å². The lowest BCUT2D eigenvalue weighted by molar-refractivity contribution is 0.0734. The van der Waals surface area contributed by atoms with Crippen LogP contribution in [0.5, 0.6) is 5.75 Å². The van der Waals surface area contributed by atoms with Crippen molar-refractivity contribution in [2.75, 3.05) is 0 Å². The molecule has 1 heterocycles. The summed E-state index contributed by atoms with van der Waals surface area (Å²) in [5.74, 6) is -0.456. The standard InChI is InChI=1S/C31H25N3O3/c1-21-12-13-22(2)34(21)26-17-14-24(15-18-26)30(35)33-32-20-28-27-11-7-6-8-23(27)16-19-29(28)37-31(36)25-9-4-3-5-10-25/h3-20H,1-2H3,(H,33,35)/b32-20-. The molecule has 0 atom stereocenters. The van der Waals surface area contributed by atoms with Crippen molar-refractivity contribution in [3.05, 3.63) is 131 Å².